The molecule has 0 fully saturated rings. The molecule has 9 heteroatoms. The molecular formula is C16H13BrFN5OS. The Morgan fingerprint density at radius 1 is 1.20 bits per heavy atom. The lowest BCUT2D eigenvalue weighted by atomic mass is 10.2. The number of nitrogens with two attached hydrogens (primary N) is 1. The highest BCUT2D eigenvalue weighted by Crippen LogP contribution is 2.25. The molecule has 0 atom stereocenters. The smallest absolute Gasteiger partial charge is 0.234 e. The number of amides is 1. The maximum atomic E-state index is 13.8. The average Bonchev–Trinajstić information content (AvgIpc) is 2.96. The van der Waals surface area contributed by atoms with Gasteiger partial charge in [-0.15, -0.1) is 10.2 Å². The minimum atomic E-state index is -0.440. The van der Waals surface area contributed by atoms with Gasteiger partial charge in [0.25, 0.3) is 0 Å². The quantitative estimate of drug-likeness (QED) is 0.487. The summed E-state index contributed by atoms with van der Waals surface area (Å²) in [5, 5.41) is 10.9. The van der Waals surface area contributed by atoms with Crippen molar-refractivity contribution in [2.24, 2.45) is 0 Å². The maximum Gasteiger partial charge on any atom is 0.234 e. The second kappa shape index (κ2) is 7.66. The zero-order chi connectivity index (χ0) is 17.8. The zero-order valence-corrected chi connectivity index (χ0v) is 15.2. The second-order valence-corrected chi connectivity index (χ2v) is 6.77. The maximum absolute atomic E-state index is 13.8. The van der Waals surface area contributed by atoms with Crippen LogP contribution in [0, 0.1) is 5.82 Å². The highest BCUT2D eigenvalue weighted by atomic mass is 79.9. The molecule has 25 heavy (non-hydrogen) atoms. The van der Waals surface area contributed by atoms with Crippen LogP contribution in [0.5, 0.6) is 0 Å². The molecule has 1 heterocycles. The van der Waals surface area contributed by atoms with Crippen molar-refractivity contribution in [3.05, 3.63) is 58.8 Å². The first kappa shape index (κ1) is 17.4. The molecule has 0 spiro atoms. The number of benzene rings is 2. The Morgan fingerprint density at radius 3 is 2.68 bits per heavy atom. The van der Waals surface area contributed by atoms with E-state index in [-0.39, 0.29) is 23.0 Å². The molecule has 0 radical (unpaired) electrons. The summed E-state index contributed by atoms with van der Waals surface area (Å²) in [7, 11) is 0. The number of carbonyl (C=O) groups is 1. The van der Waals surface area contributed by atoms with Gasteiger partial charge in [-0.05, 0) is 40.2 Å². The van der Waals surface area contributed by atoms with E-state index in [4.69, 9.17) is 5.84 Å². The Hall–Kier alpha value is -2.39. The third-order valence-corrected chi connectivity index (χ3v) is 4.89. The van der Waals surface area contributed by atoms with E-state index < -0.39 is 5.82 Å². The van der Waals surface area contributed by atoms with E-state index in [0.29, 0.717) is 10.8 Å². The number of nitrogen functional groups attached to an aromatic ring is 1. The van der Waals surface area contributed by atoms with Gasteiger partial charge in [0, 0.05) is 4.47 Å². The molecule has 3 rings (SSSR count). The van der Waals surface area contributed by atoms with Crippen molar-refractivity contribution in [1.29, 1.82) is 0 Å². The minimum absolute atomic E-state index is 0.0912. The van der Waals surface area contributed by atoms with Gasteiger partial charge < -0.3 is 11.2 Å². The van der Waals surface area contributed by atoms with Crippen LogP contribution in [-0.2, 0) is 4.79 Å². The fourth-order valence-corrected chi connectivity index (χ4v) is 3.12. The highest BCUT2D eigenvalue weighted by Gasteiger charge is 2.16. The van der Waals surface area contributed by atoms with Crippen LogP contribution < -0.4 is 11.2 Å². The van der Waals surface area contributed by atoms with E-state index in [1.165, 1.54) is 10.7 Å². The highest BCUT2D eigenvalue weighted by molar-refractivity contribution is 9.10. The number of halogens is 2. The molecule has 0 aliphatic carbocycles. The van der Waals surface area contributed by atoms with E-state index in [1.54, 1.807) is 24.3 Å². The van der Waals surface area contributed by atoms with E-state index in [9.17, 15) is 9.18 Å². The number of carbonyl (C=O) groups excluding carboxylic acids is 1. The fourth-order valence-electron chi connectivity index (χ4n) is 2.08. The summed E-state index contributed by atoms with van der Waals surface area (Å²) in [6, 6.07) is 13.5. The van der Waals surface area contributed by atoms with Crippen LogP contribution in [0.3, 0.4) is 0 Å². The second-order valence-electron chi connectivity index (χ2n) is 4.97. The van der Waals surface area contributed by atoms with Gasteiger partial charge in [-0.1, -0.05) is 36.0 Å². The molecule has 1 aromatic heterocycles. The van der Waals surface area contributed by atoms with E-state index in [2.05, 4.69) is 31.4 Å². The zero-order valence-electron chi connectivity index (χ0n) is 12.8. The van der Waals surface area contributed by atoms with E-state index >= 15 is 0 Å². The van der Waals surface area contributed by atoms with Gasteiger partial charge in [-0.25, -0.2) is 9.07 Å². The Balaban J connectivity index is 1.67. The Kier molecular flexibility index (Phi) is 5.34. The molecule has 2 aromatic carbocycles. The number of hydrogen-bond acceptors (Lipinski definition) is 5. The minimum Gasteiger partial charge on any atom is -0.335 e. The van der Waals surface area contributed by atoms with Gasteiger partial charge in [0.15, 0.2) is 5.82 Å². The van der Waals surface area contributed by atoms with Crippen LogP contribution in [0.1, 0.15) is 0 Å². The van der Waals surface area contributed by atoms with E-state index in [0.717, 1.165) is 16.2 Å². The first-order valence-electron chi connectivity index (χ1n) is 7.19. The lowest BCUT2D eigenvalue weighted by molar-refractivity contribution is -0.113. The Labute approximate surface area is 155 Å². The third-order valence-electron chi connectivity index (χ3n) is 3.26. The summed E-state index contributed by atoms with van der Waals surface area (Å²) in [5.41, 5.74) is 0.927. The molecule has 1 amide bonds. The molecule has 3 N–H and O–H groups in total. The van der Waals surface area contributed by atoms with Gasteiger partial charge in [0.1, 0.15) is 5.82 Å². The lowest BCUT2D eigenvalue weighted by Gasteiger charge is -2.07. The van der Waals surface area contributed by atoms with Crippen molar-refractivity contribution >= 4 is 39.3 Å². The number of thioether (sulfide) groups is 1. The summed E-state index contributed by atoms with van der Waals surface area (Å²) in [6.07, 6.45) is 0. The summed E-state index contributed by atoms with van der Waals surface area (Å²) < 4.78 is 15.8. The molecule has 128 valence electrons. The summed E-state index contributed by atoms with van der Waals surface area (Å²) in [4.78, 5) is 12.1. The normalized spacial score (nSPS) is 10.6. The van der Waals surface area contributed by atoms with Crippen molar-refractivity contribution in [2.75, 3.05) is 16.9 Å². The van der Waals surface area contributed by atoms with Crippen molar-refractivity contribution in [3.8, 4) is 11.4 Å². The molecule has 0 aliphatic rings. The first-order valence-corrected chi connectivity index (χ1v) is 8.96. The molecule has 0 saturated heterocycles. The van der Waals surface area contributed by atoms with Crippen LogP contribution in [0.25, 0.3) is 11.4 Å². The molecule has 3 aromatic rings. The van der Waals surface area contributed by atoms with Crippen molar-refractivity contribution < 1.29 is 9.18 Å². The van der Waals surface area contributed by atoms with E-state index in [1.807, 2.05) is 18.2 Å². The van der Waals surface area contributed by atoms with Crippen LogP contribution in [0.2, 0.25) is 0 Å². The molecule has 0 aliphatic heterocycles. The fraction of sp³-hybridized carbons (Fsp3) is 0.0625. The number of nitrogens with zero attached hydrogens (tertiary/aromatic N) is 3. The lowest BCUT2D eigenvalue weighted by Crippen LogP contribution is -2.16. The molecule has 0 bridgehead atoms. The third kappa shape index (κ3) is 3.99. The Bertz CT molecular complexity index is 917. The summed E-state index contributed by atoms with van der Waals surface area (Å²) in [5.74, 6) is 5.57. The van der Waals surface area contributed by atoms with Crippen molar-refractivity contribution in [3.63, 3.8) is 0 Å². The standard InChI is InChI=1S/C16H13BrFN5OS/c17-11-6-2-4-8-13(11)20-14(24)9-25-16-22-21-15(23(16)19)10-5-1-3-7-12(10)18/h1-8H,9,19H2,(H,20,24). The molecular weight excluding hydrogens is 409 g/mol. The van der Waals surface area contributed by atoms with Crippen LogP contribution >= 0.6 is 27.7 Å². The van der Waals surface area contributed by atoms with Gasteiger partial charge in [-0.2, -0.15) is 0 Å². The van der Waals surface area contributed by atoms with Crippen LogP contribution in [-0.4, -0.2) is 26.5 Å². The number of anilines is 1. The number of rotatable bonds is 5. The van der Waals surface area contributed by atoms with Crippen molar-refractivity contribution in [2.45, 2.75) is 5.16 Å². The van der Waals surface area contributed by atoms with Gasteiger partial charge in [-0.3, -0.25) is 4.79 Å². The van der Waals surface area contributed by atoms with Crippen LogP contribution in [0.15, 0.2) is 58.2 Å². The largest absolute Gasteiger partial charge is 0.335 e. The monoisotopic (exact) mass is 421 g/mol. The Morgan fingerprint density at radius 2 is 1.92 bits per heavy atom. The number of nitrogens with one attached hydrogen (secondary N) is 1. The van der Waals surface area contributed by atoms with Gasteiger partial charge in [0.05, 0.1) is 17.0 Å². The van der Waals surface area contributed by atoms with Crippen molar-refractivity contribution in [1.82, 2.24) is 14.9 Å². The number of para-hydroxylation sites is 1. The number of hydrogen-bond donors (Lipinski definition) is 2. The van der Waals surface area contributed by atoms with Gasteiger partial charge in [0.2, 0.25) is 11.1 Å². The average molecular weight is 422 g/mol. The van der Waals surface area contributed by atoms with Crippen LogP contribution in [0.4, 0.5) is 10.1 Å². The summed E-state index contributed by atoms with van der Waals surface area (Å²) >= 11 is 4.48. The first-order chi connectivity index (χ1) is 12.1. The summed E-state index contributed by atoms with van der Waals surface area (Å²) in [6.45, 7) is 0. The number of aromatic nitrogens is 3. The molecule has 0 saturated carbocycles. The van der Waals surface area contributed by atoms with Gasteiger partial charge >= 0.3 is 0 Å². The molecule has 0 unspecified atom stereocenters. The SMILES string of the molecule is Nn1c(SCC(=O)Nc2ccccc2Br)nnc1-c1ccccc1F. The molecule has 6 nitrogen and oxygen atoms in total. The predicted molar refractivity (Wildman–Crippen MR) is 99.1 cm³/mol. The predicted octanol–water partition coefficient (Wildman–Crippen LogP) is 3.29. The topological polar surface area (TPSA) is 85.8 Å².